The number of carbonyl (C=O) groups excluding carboxylic acids is 1. The molecular formula is C16H13NO5. The molecule has 1 amide bonds. The summed E-state index contributed by atoms with van der Waals surface area (Å²) in [6.07, 6.45) is -0.217. The molecule has 0 saturated carbocycles. The van der Waals surface area contributed by atoms with Crippen molar-refractivity contribution in [3.63, 3.8) is 0 Å². The van der Waals surface area contributed by atoms with Gasteiger partial charge in [-0.2, -0.15) is 0 Å². The van der Waals surface area contributed by atoms with Gasteiger partial charge >= 0.3 is 11.9 Å². The Morgan fingerprint density at radius 1 is 0.909 bits per heavy atom. The molecular weight excluding hydrogens is 286 g/mol. The molecule has 3 N–H and O–H groups in total. The highest BCUT2D eigenvalue weighted by Crippen LogP contribution is 2.17. The van der Waals surface area contributed by atoms with Crippen molar-refractivity contribution < 1.29 is 24.6 Å². The Morgan fingerprint density at radius 2 is 1.59 bits per heavy atom. The number of amides is 1. The molecule has 22 heavy (non-hydrogen) atoms. The van der Waals surface area contributed by atoms with Gasteiger partial charge in [-0.15, -0.1) is 0 Å². The number of rotatable bonds is 5. The Balaban J connectivity index is 2.24. The minimum absolute atomic E-state index is 0.00599. The van der Waals surface area contributed by atoms with Crippen LogP contribution in [-0.2, 0) is 11.2 Å². The van der Waals surface area contributed by atoms with Gasteiger partial charge < -0.3 is 15.5 Å². The van der Waals surface area contributed by atoms with E-state index in [4.69, 9.17) is 10.2 Å². The van der Waals surface area contributed by atoms with Crippen LogP contribution in [0.25, 0.3) is 0 Å². The number of aromatic carboxylic acids is 1. The van der Waals surface area contributed by atoms with Crippen molar-refractivity contribution in [2.45, 2.75) is 6.42 Å². The van der Waals surface area contributed by atoms with Gasteiger partial charge in [-0.05, 0) is 29.8 Å². The number of benzene rings is 2. The summed E-state index contributed by atoms with van der Waals surface area (Å²) in [5.74, 6) is -2.63. The summed E-state index contributed by atoms with van der Waals surface area (Å²) >= 11 is 0. The van der Waals surface area contributed by atoms with Gasteiger partial charge in [0.1, 0.15) is 0 Å². The lowest BCUT2D eigenvalue weighted by atomic mass is 10.1. The Bertz CT molecular complexity index is 739. The van der Waals surface area contributed by atoms with Gasteiger partial charge in [0.25, 0.3) is 5.91 Å². The molecule has 0 unspecified atom stereocenters. The summed E-state index contributed by atoms with van der Waals surface area (Å²) in [4.78, 5) is 33.9. The largest absolute Gasteiger partial charge is 0.481 e. The van der Waals surface area contributed by atoms with Crippen molar-refractivity contribution in [2.75, 3.05) is 5.32 Å². The van der Waals surface area contributed by atoms with Gasteiger partial charge in [0.05, 0.1) is 12.0 Å². The zero-order valence-electron chi connectivity index (χ0n) is 11.4. The predicted octanol–water partition coefficient (Wildman–Crippen LogP) is 2.26. The zero-order chi connectivity index (χ0) is 16.1. The molecule has 0 bridgehead atoms. The standard InChI is InChI=1S/C16H13NO5/c18-14(19)9-10-4-1-2-7-13(10)17-15(20)11-5-3-6-12(8-11)16(21)22/h1-8H,9H2,(H,17,20)(H,18,19)(H,21,22). The number of anilines is 1. The second-order valence-corrected chi connectivity index (χ2v) is 4.57. The fourth-order valence-corrected chi connectivity index (χ4v) is 1.95. The monoisotopic (exact) mass is 299 g/mol. The lowest BCUT2D eigenvalue weighted by molar-refractivity contribution is -0.136. The molecule has 0 radical (unpaired) electrons. The summed E-state index contributed by atoms with van der Waals surface area (Å²) in [6, 6.07) is 12.2. The van der Waals surface area contributed by atoms with E-state index in [1.165, 1.54) is 24.3 Å². The fraction of sp³-hybridized carbons (Fsp3) is 0.0625. The topological polar surface area (TPSA) is 104 Å². The summed E-state index contributed by atoms with van der Waals surface area (Å²) in [6.45, 7) is 0. The first kappa shape index (κ1) is 15.2. The smallest absolute Gasteiger partial charge is 0.335 e. The molecule has 2 rings (SSSR count). The average Bonchev–Trinajstić information content (AvgIpc) is 2.49. The second-order valence-electron chi connectivity index (χ2n) is 4.57. The van der Waals surface area contributed by atoms with Gasteiger partial charge in [0.15, 0.2) is 0 Å². The maximum Gasteiger partial charge on any atom is 0.335 e. The molecule has 6 heteroatoms. The normalized spacial score (nSPS) is 10.0. The second kappa shape index (κ2) is 6.53. The summed E-state index contributed by atoms with van der Waals surface area (Å²) in [5, 5.41) is 20.4. The lowest BCUT2D eigenvalue weighted by Gasteiger charge is -2.10. The molecule has 0 fully saturated rings. The molecule has 0 spiro atoms. The number of hydrogen-bond donors (Lipinski definition) is 3. The van der Waals surface area contributed by atoms with Crippen LogP contribution in [-0.4, -0.2) is 28.1 Å². The third-order valence-corrected chi connectivity index (χ3v) is 2.98. The van der Waals surface area contributed by atoms with Gasteiger partial charge in [0, 0.05) is 11.3 Å². The number of carboxylic acids is 2. The van der Waals surface area contributed by atoms with Crippen LogP contribution < -0.4 is 5.32 Å². The molecule has 0 saturated heterocycles. The first-order valence-electron chi connectivity index (χ1n) is 6.42. The van der Waals surface area contributed by atoms with Crippen molar-refractivity contribution in [1.82, 2.24) is 0 Å². The maximum absolute atomic E-state index is 12.2. The molecule has 0 aliphatic rings. The van der Waals surface area contributed by atoms with Crippen molar-refractivity contribution in [2.24, 2.45) is 0 Å². The highest BCUT2D eigenvalue weighted by molar-refractivity contribution is 6.06. The van der Waals surface area contributed by atoms with Crippen LogP contribution in [0.5, 0.6) is 0 Å². The number of para-hydroxylation sites is 1. The number of carboxylic acid groups (broad SMARTS) is 2. The number of aliphatic carboxylic acids is 1. The van der Waals surface area contributed by atoms with Crippen LogP contribution in [0.2, 0.25) is 0 Å². The number of carbonyl (C=O) groups is 3. The van der Waals surface area contributed by atoms with Crippen molar-refractivity contribution in [3.8, 4) is 0 Å². The first-order chi connectivity index (χ1) is 10.5. The molecule has 0 heterocycles. The molecule has 2 aromatic rings. The third-order valence-electron chi connectivity index (χ3n) is 2.98. The predicted molar refractivity (Wildman–Crippen MR) is 79.1 cm³/mol. The van der Waals surface area contributed by atoms with E-state index in [0.717, 1.165) is 0 Å². The van der Waals surface area contributed by atoms with E-state index in [1.54, 1.807) is 24.3 Å². The minimum Gasteiger partial charge on any atom is -0.481 e. The van der Waals surface area contributed by atoms with E-state index in [1.807, 2.05) is 0 Å². The molecule has 0 aromatic heterocycles. The molecule has 0 atom stereocenters. The average molecular weight is 299 g/mol. The quantitative estimate of drug-likeness (QED) is 0.785. The summed E-state index contributed by atoms with van der Waals surface area (Å²) in [7, 11) is 0. The van der Waals surface area contributed by atoms with Crippen molar-refractivity contribution in [3.05, 3.63) is 65.2 Å². The molecule has 0 aliphatic carbocycles. The van der Waals surface area contributed by atoms with E-state index in [9.17, 15) is 14.4 Å². The Labute approximate surface area is 126 Å². The van der Waals surface area contributed by atoms with Crippen molar-refractivity contribution in [1.29, 1.82) is 0 Å². The zero-order valence-corrected chi connectivity index (χ0v) is 11.4. The molecule has 6 nitrogen and oxygen atoms in total. The van der Waals surface area contributed by atoms with Crippen LogP contribution in [0.1, 0.15) is 26.3 Å². The number of nitrogens with one attached hydrogen (secondary N) is 1. The SMILES string of the molecule is O=C(O)Cc1ccccc1NC(=O)c1cccc(C(=O)O)c1. The molecule has 0 aliphatic heterocycles. The van der Waals surface area contributed by atoms with Crippen molar-refractivity contribution >= 4 is 23.5 Å². The van der Waals surface area contributed by atoms with Crippen LogP contribution in [0.15, 0.2) is 48.5 Å². The Kier molecular flexibility index (Phi) is 4.53. The van der Waals surface area contributed by atoms with Gasteiger partial charge in [-0.3, -0.25) is 9.59 Å². The van der Waals surface area contributed by atoms with Crippen LogP contribution >= 0.6 is 0 Å². The van der Waals surface area contributed by atoms with E-state index in [2.05, 4.69) is 5.32 Å². The Morgan fingerprint density at radius 3 is 2.27 bits per heavy atom. The van der Waals surface area contributed by atoms with Gasteiger partial charge in [0.2, 0.25) is 0 Å². The van der Waals surface area contributed by atoms with Crippen LogP contribution in [0.3, 0.4) is 0 Å². The minimum atomic E-state index is -1.12. The Hall–Kier alpha value is -3.15. The maximum atomic E-state index is 12.2. The van der Waals surface area contributed by atoms with Gasteiger partial charge in [-0.1, -0.05) is 24.3 Å². The molecule has 2 aromatic carbocycles. The van der Waals surface area contributed by atoms with E-state index in [0.29, 0.717) is 11.3 Å². The van der Waals surface area contributed by atoms with Crippen LogP contribution in [0.4, 0.5) is 5.69 Å². The van der Waals surface area contributed by atoms with Crippen LogP contribution in [0, 0.1) is 0 Å². The van der Waals surface area contributed by atoms with E-state index >= 15 is 0 Å². The first-order valence-corrected chi connectivity index (χ1v) is 6.42. The third kappa shape index (κ3) is 3.69. The fourth-order valence-electron chi connectivity index (χ4n) is 1.95. The number of hydrogen-bond acceptors (Lipinski definition) is 3. The highest BCUT2D eigenvalue weighted by Gasteiger charge is 2.12. The van der Waals surface area contributed by atoms with E-state index in [-0.39, 0.29) is 17.5 Å². The molecule has 112 valence electrons. The van der Waals surface area contributed by atoms with E-state index < -0.39 is 17.8 Å². The van der Waals surface area contributed by atoms with Gasteiger partial charge in [-0.25, -0.2) is 4.79 Å². The summed E-state index contributed by atoms with van der Waals surface area (Å²) in [5.41, 5.74) is 1.05. The highest BCUT2D eigenvalue weighted by atomic mass is 16.4. The summed E-state index contributed by atoms with van der Waals surface area (Å²) < 4.78 is 0. The lowest BCUT2D eigenvalue weighted by Crippen LogP contribution is -2.15.